The summed E-state index contributed by atoms with van der Waals surface area (Å²) >= 11 is 1.71. The van der Waals surface area contributed by atoms with Gasteiger partial charge in [-0.25, -0.2) is 9.98 Å². The predicted octanol–water partition coefficient (Wildman–Crippen LogP) is 2.29. The molecular formula is C15H26IN7S. The van der Waals surface area contributed by atoms with E-state index in [4.69, 9.17) is 0 Å². The van der Waals surface area contributed by atoms with Crippen LogP contribution in [0.1, 0.15) is 35.3 Å². The maximum absolute atomic E-state index is 4.64. The quantitative estimate of drug-likeness (QED) is 0.374. The van der Waals surface area contributed by atoms with E-state index in [0.717, 1.165) is 48.5 Å². The van der Waals surface area contributed by atoms with Crippen LogP contribution in [0.25, 0.3) is 0 Å². The van der Waals surface area contributed by atoms with Crippen molar-refractivity contribution in [1.82, 2.24) is 30.4 Å². The Labute approximate surface area is 164 Å². The van der Waals surface area contributed by atoms with Crippen LogP contribution in [0, 0.1) is 13.8 Å². The van der Waals surface area contributed by atoms with E-state index in [0.29, 0.717) is 6.54 Å². The topological polar surface area (TPSA) is 80.0 Å². The van der Waals surface area contributed by atoms with E-state index in [-0.39, 0.29) is 24.0 Å². The maximum atomic E-state index is 4.64. The second-order valence-electron chi connectivity index (χ2n) is 5.16. The summed E-state index contributed by atoms with van der Waals surface area (Å²) in [5, 5.41) is 15.8. The van der Waals surface area contributed by atoms with Crippen LogP contribution in [0.5, 0.6) is 0 Å². The molecule has 0 saturated heterocycles. The minimum atomic E-state index is 0. The standard InChI is InChI=1S/C15H25N7S.HI/c1-5-14-21-19-10-22(14)8-7-17-15(16-6-2)18-9-13-11(3)20-12(4)23-13;/h10H,5-9H2,1-4H3,(H2,16,17,18);1H. The number of thiazole rings is 1. The molecule has 7 nitrogen and oxygen atoms in total. The van der Waals surface area contributed by atoms with Gasteiger partial charge in [0, 0.05) is 30.9 Å². The summed E-state index contributed by atoms with van der Waals surface area (Å²) in [5.74, 6) is 1.83. The molecule has 0 fully saturated rings. The lowest BCUT2D eigenvalue weighted by Crippen LogP contribution is -2.38. The summed E-state index contributed by atoms with van der Waals surface area (Å²) < 4.78 is 2.06. The Morgan fingerprint density at radius 1 is 1.29 bits per heavy atom. The molecule has 0 aliphatic rings. The van der Waals surface area contributed by atoms with Gasteiger partial charge in [0.1, 0.15) is 12.2 Å². The van der Waals surface area contributed by atoms with Crippen molar-refractivity contribution in [1.29, 1.82) is 0 Å². The van der Waals surface area contributed by atoms with Crippen LogP contribution in [0.3, 0.4) is 0 Å². The SMILES string of the molecule is CCNC(=NCc1sc(C)nc1C)NCCn1cnnc1CC.I. The third kappa shape index (κ3) is 6.00. The number of aliphatic imine (C=N–C) groups is 1. The van der Waals surface area contributed by atoms with E-state index in [9.17, 15) is 0 Å². The molecule has 9 heteroatoms. The van der Waals surface area contributed by atoms with Gasteiger partial charge >= 0.3 is 0 Å². The Morgan fingerprint density at radius 3 is 2.71 bits per heavy atom. The van der Waals surface area contributed by atoms with E-state index >= 15 is 0 Å². The van der Waals surface area contributed by atoms with Gasteiger partial charge in [0.2, 0.25) is 0 Å². The largest absolute Gasteiger partial charge is 0.357 e. The molecule has 2 heterocycles. The van der Waals surface area contributed by atoms with Gasteiger partial charge in [0.15, 0.2) is 5.96 Å². The van der Waals surface area contributed by atoms with Crippen molar-refractivity contribution >= 4 is 41.3 Å². The number of nitrogens with zero attached hydrogens (tertiary/aromatic N) is 5. The second-order valence-corrected chi connectivity index (χ2v) is 6.45. The molecule has 0 unspecified atom stereocenters. The molecule has 2 aromatic heterocycles. The Hall–Kier alpha value is -1.23. The summed E-state index contributed by atoms with van der Waals surface area (Å²) in [6.45, 7) is 11.3. The van der Waals surface area contributed by atoms with Gasteiger partial charge in [0.25, 0.3) is 0 Å². The zero-order chi connectivity index (χ0) is 16.7. The molecule has 0 saturated carbocycles. The highest BCUT2D eigenvalue weighted by Crippen LogP contribution is 2.17. The number of nitrogens with one attached hydrogen (secondary N) is 2. The second kappa shape index (κ2) is 10.6. The number of halogens is 1. The number of hydrogen-bond donors (Lipinski definition) is 2. The van der Waals surface area contributed by atoms with Crippen molar-refractivity contribution in [3.05, 3.63) is 27.7 Å². The lowest BCUT2D eigenvalue weighted by Gasteiger charge is -2.12. The Kier molecular flexibility index (Phi) is 9.19. The summed E-state index contributed by atoms with van der Waals surface area (Å²) in [6.07, 6.45) is 2.66. The van der Waals surface area contributed by atoms with Gasteiger partial charge in [-0.15, -0.1) is 45.5 Å². The summed E-state index contributed by atoms with van der Waals surface area (Å²) in [6, 6.07) is 0. The fraction of sp³-hybridized carbons (Fsp3) is 0.600. The normalized spacial score (nSPS) is 11.2. The fourth-order valence-corrected chi connectivity index (χ4v) is 3.11. The first-order valence-corrected chi connectivity index (χ1v) is 8.77. The van der Waals surface area contributed by atoms with Crippen molar-refractivity contribution in [2.45, 2.75) is 47.2 Å². The van der Waals surface area contributed by atoms with Crippen LogP contribution in [-0.2, 0) is 19.5 Å². The summed E-state index contributed by atoms with van der Waals surface area (Å²) in [7, 11) is 0. The highest BCUT2D eigenvalue weighted by molar-refractivity contribution is 14.0. The fourth-order valence-electron chi connectivity index (χ4n) is 2.25. The van der Waals surface area contributed by atoms with Crippen molar-refractivity contribution in [2.75, 3.05) is 13.1 Å². The van der Waals surface area contributed by atoms with E-state index in [2.05, 4.69) is 49.2 Å². The Balaban J connectivity index is 0.00000288. The van der Waals surface area contributed by atoms with Crippen molar-refractivity contribution in [2.24, 2.45) is 4.99 Å². The molecule has 0 aliphatic carbocycles. The van der Waals surface area contributed by atoms with Crippen LogP contribution in [0.4, 0.5) is 0 Å². The van der Waals surface area contributed by atoms with Crippen molar-refractivity contribution < 1.29 is 0 Å². The van der Waals surface area contributed by atoms with Gasteiger partial charge in [-0.05, 0) is 20.8 Å². The number of rotatable bonds is 7. The highest BCUT2D eigenvalue weighted by atomic mass is 127. The molecule has 0 aromatic carbocycles. The first-order valence-electron chi connectivity index (χ1n) is 7.95. The van der Waals surface area contributed by atoms with Crippen molar-refractivity contribution in [3.8, 4) is 0 Å². The third-order valence-corrected chi connectivity index (χ3v) is 4.44. The van der Waals surface area contributed by atoms with Gasteiger partial charge in [-0.2, -0.15) is 0 Å². The predicted molar refractivity (Wildman–Crippen MR) is 109 cm³/mol. The molecule has 0 radical (unpaired) electrons. The van der Waals surface area contributed by atoms with Crippen molar-refractivity contribution in [3.63, 3.8) is 0 Å². The Bertz CT molecular complexity index is 650. The molecule has 134 valence electrons. The minimum Gasteiger partial charge on any atom is -0.357 e. The van der Waals surface area contributed by atoms with E-state index in [1.807, 2.05) is 13.8 Å². The van der Waals surface area contributed by atoms with Crippen LogP contribution < -0.4 is 10.6 Å². The van der Waals surface area contributed by atoms with Gasteiger partial charge in [-0.1, -0.05) is 6.92 Å². The average molecular weight is 463 g/mol. The highest BCUT2D eigenvalue weighted by Gasteiger charge is 2.05. The van der Waals surface area contributed by atoms with Gasteiger partial charge < -0.3 is 15.2 Å². The zero-order valence-corrected chi connectivity index (χ0v) is 17.8. The van der Waals surface area contributed by atoms with E-state index in [1.165, 1.54) is 4.88 Å². The first kappa shape index (κ1) is 20.8. The van der Waals surface area contributed by atoms with Gasteiger partial charge in [0.05, 0.1) is 17.2 Å². The molecular weight excluding hydrogens is 437 g/mol. The van der Waals surface area contributed by atoms with Crippen LogP contribution in [0.2, 0.25) is 0 Å². The lowest BCUT2D eigenvalue weighted by atomic mass is 10.4. The third-order valence-electron chi connectivity index (χ3n) is 3.38. The maximum Gasteiger partial charge on any atom is 0.191 e. The molecule has 0 amide bonds. The molecule has 2 rings (SSSR count). The van der Waals surface area contributed by atoms with E-state index in [1.54, 1.807) is 17.7 Å². The lowest BCUT2D eigenvalue weighted by molar-refractivity contribution is 0.632. The summed E-state index contributed by atoms with van der Waals surface area (Å²) in [4.78, 5) is 10.3. The monoisotopic (exact) mass is 463 g/mol. The number of guanidine groups is 1. The van der Waals surface area contributed by atoms with Gasteiger partial charge in [-0.3, -0.25) is 0 Å². The Morgan fingerprint density at radius 2 is 2.08 bits per heavy atom. The van der Waals surface area contributed by atoms with Crippen LogP contribution in [0.15, 0.2) is 11.3 Å². The van der Waals surface area contributed by atoms with Crippen LogP contribution in [-0.4, -0.2) is 38.8 Å². The number of aryl methyl sites for hydroxylation is 3. The number of hydrogen-bond acceptors (Lipinski definition) is 5. The number of aromatic nitrogens is 4. The molecule has 2 N–H and O–H groups in total. The molecule has 0 spiro atoms. The molecule has 0 atom stereocenters. The zero-order valence-electron chi connectivity index (χ0n) is 14.7. The smallest absolute Gasteiger partial charge is 0.191 e. The molecule has 0 bridgehead atoms. The molecule has 24 heavy (non-hydrogen) atoms. The van der Waals surface area contributed by atoms with E-state index < -0.39 is 0 Å². The molecule has 2 aromatic rings. The summed E-state index contributed by atoms with van der Waals surface area (Å²) in [5.41, 5.74) is 1.07. The molecule has 0 aliphatic heterocycles. The first-order chi connectivity index (χ1) is 11.1. The van der Waals surface area contributed by atoms with Crippen LogP contribution >= 0.6 is 35.3 Å². The minimum absolute atomic E-state index is 0. The average Bonchev–Trinajstić information content (AvgIpc) is 3.10.